The van der Waals surface area contributed by atoms with Gasteiger partial charge in [-0.25, -0.2) is 4.98 Å². The van der Waals surface area contributed by atoms with Gasteiger partial charge in [0.2, 0.25) is 5.95 Å². The van der Waals surface area contributed by atoms with Crippen LogP contribution in [0.25, 0.3) is 0 Å². The molecule has 10 heteroatoms. The normalized spacial score (nSPS) is 28.8. The number of aromatic nitrogens is 4. The fourth-order valence-corrected chi connectivity index (χ4v) is 3.12. The Kier molecular flexibility index (Phi) is 4.01. The summed E-state index contributed by atoms with van der Waals surface area (Å²) in [5, 5.41) is 10.9. The predicted octanol–water partition coefficient (Wildman–Crippen LogP) is 0.512. The van der Waals surface area contributed by atoms with E-state index < -0.39 is 0 Å². The summed E-state index contributed by atoms with van der Waals surface area (Å²) in [5.74, 6) is 0.950. The van der Waals surface area contributed by atoms with Crippen LogP contribution in [0.2, 0.25) is 5.02 Å². The Morgan fingerprint density at radius 1 is 1.29 bits per heavy atom. The van der Waals surface area contributed by atoms with Crippen LogP contribution in [0.1, 0.15) is 0 Å². The van der Waals surface area contributed by atoms with Gasteiger partial charge in [-0.15, -0.1) is 0 Å². The highest BCUT2D eigenvalue weighted by Crippen LogP contribution is 2.30. The van der Waals surface area contributed by atoms with E-state index in [0.717, 1.165) is 5.69 Å². The Morgan fingerprint density at radius 3 is 2.92 bits per heavy atom. The molecule has 2 saturated heterocycles. The second-order valence-corrected chi connectivity index (χ2v) is 6.34. The van der Waals surface area contributed by atoms with E-state index in [2.05, 4.69) is 25.7 Å². The minimum atomic E-state index is -0.0965. The van der Waals surface area contributed by atoms with E-state index in [9.17, 15) is 0 Å². The second kappa shape index (κ2) is 6.17. The number of halogens is 1. The first-order valence-electron chi connectivity index (χ1n) is 7.63. The molecular formula is C14H18ClN7O2. The third-order valence-corrected chi connectivity index (χ3v) is 4.40. The van der Waals surface area contributed by atoms with Gasteiger partial charge >= 0.3 is 0 Å². The molecule has 2 aromatic rings. The lowest BCUT2D eigenvalue weighted by molar-refractivity contribution is 0.0698. The van der Waals surface area contributed by atoms with Crippen molar-refractivity contribution in [1.29, 1.82) is 0 Å². The van der Waals surface area contributed by atoms with E-state index in [0.29, 0.717) is 30.0 Å². The van der Waals surface area contributed by atoms with Gasteiger partial charge in [0.1, 0.15) is 17.2 Å². The smallest absolute Gasteiger partial charge is 0.229 e. The quantitative estimate of drug-likeness (QED) is 0.730. The number of nitrogens with one attached hydrogen (secondary N) is 2. The van der Waals surface area contributed by atoms with Crippen molar-refractivity contribution in [2.75, 3.05) is 23.8 Å². The molecule has 4 heterocycles. The molecule has 0 aliphatic carbocycles. The lowest BCUT2D eigenvalue weighted by atomic mass is 10.1. The summed E-state index contributed by atoms with van der Waals surface area (Å²) >= 11 is 6.22. The van der Waals surface area contributed by atoms with Crippen LogP contribution >= 0.6 is 11.6 Å². The van der Waals surface area contributed by atoms with Crippen molar-refractivity contribution in [3.8, 4) is 0 Å². The molecule has 2 aliphatic heterocycles. The van der Waals surface area contributed by atoms with Gasteiger partial charge in [-0.05, 0) is 0 Å². The van der Waals surface area contributed by atoms with Crippen LogP contribution in [0.4, 0.5) is 17.5 Å². The Bertz CT molecular complexity index is 740. The zero-order valence-electron chi connectivity index (χ0n) is 13.0. The largest absolute Gasteiger partial charge is 0.371 e. The summed E-state index contributed by atoms with van der Waals surface area (Å²) in [5.41, 5.74) is 6.76. The van der Waals surface area contributed by atoms with Gasteiger partial charge in [0, 0.05) is 13.2 Å². The first kappa shape index (κ1) is 15.6. The average molecular weight is 352 g/mol. The van der Waals surface area contributed by atoms with E-state index in [-0.39, 0.29) is 24.3 Å². The van der Waals surface area contributed by atoms with Crippen molar-refractivity contribution < 1.29 is 9.47 Å². The van der Waals surface area contributed by atoms with Crippen molar-refractivity contribution in [3.63, 3.8) is 0 Å². The van der Waals surface area contributed by atoms with Crippen LogP contribution in [0.5, 0.6) is 0 Å². The molecule has 2 fully saturated rings. The fraction of sp³-hybridized carbons (Fsp3) is 0.500. The molecule has 4 rings (SSSR count). The molecule has 4 N–H and O–H groups in total. The molecular weight excluding hydrogens is 334 g/mol. The lowest BCUT2D eigenvalue weighted by Gasteiger charge is -2.19. The highest BCUT2D eigenvalue weighted by Gasteiger charge is 2.46. The number of anilines is 3. The van der Waals surface area contributed by atoms with Gasteiger partial charge in [0.05, 0.1) is 43.4 Å². The topological polar surface area (TPSA) is 112 Å². The number of hydrogen-bond acceptors (Lipinski definition) is 8. The zero-order chi connectivity index (χ0) is 16.7. The number of rotatable bonds is 4. The van der Waals surface area contributed by atoms with Gasteiger partial charge in [-0.3, -0.25) is 4.68 Å². The van der Waals surface area contributed by atoms with Crippen molar-refractivity contribution in [3.05, 3.63) is 23.6 Å². The van der Waals surface area contributed by atoms with Crippen molar-refractivity contribution >= 4 is 29.1 Å². The summed E-state index contributed by atoms with van der Waals surface area (Å²) in [6.45, 7) is 0.994. The molecule has 2 aliphatic rings. The molecule has 9 nitrogen and oxygen atoms in total. The number of fused-ring (bicyclic) bond motifs is 1. The van der Waals surface area contributed by atoms with E-state index in [1.165, 1.54) is 0 Å². The molecule has 0 bridgehead atoms. The van der Waals surface area contributed by atoms with Gasteiger partial charge in [0.25, 0.3) is 0 Å². The molecule has 128 valence electrons. The number of hydrogen-bond donors (Lipinski definition) is 3. The van der Waals surface area contributed by atoms with Crippen LogP contribution < -0.4 is 16.4 Å². The van der Waals surface area contributed by atoms with Crippen LogP contribution in [0.15, 0.2) is 18.6 Å². The highest BCUT2D eigenvalue weighted by molar-refractivity contribution is 6.32. The fourth-order valence-electron chi connectivity index (χ4n) is 2.97. The van der Waals surface area contributed by atoms with E-state index in [4.69, 9.17) is 26.8 Å². The Balaban J connectivity index is 1.49. The first-order chi connectivity index (χ1) is 11.6. The monoisotopic (exact) mass is 351 g/mol. The average Bonchev–Trinajstić information content (AvgIpc) is 3.23. The Morgan fingerprint density at radius 2 is 2.12 bits per heavy atom. The number of nitrogens with zero attached hydrogens (tertiary/aromatic N) is 4. The summed E-state index contributed by atoms with van der Waals surface area (Å²) in [6.07, 6.45) is 4.88. The van der Waals surface area contributed by atoms with Crippen LogP contribution in [-0.2, 0) is 16.5 Å². The third-order valence-electron chi connectivity index (χ3n) is 4.12. The Hall–Kier alpha value is -1.94. The van der Waals surface area contributed by atoms with Crippen molar-refractivity contribution in [2.45, 2.75) is 24.3 Å². The van der Waals surface area contributed by atoms with Gasteiger partial charge in [-0.2, -0.15) is 10.1 Å². The SMILES string of the molecule is Cn1cc(Nc2ncc(Cl)c(N[C@H]3COC4C3OC[C@H]4N)n2)cn1. The highest BCUT2D eigenvalue weighted by atomic mass is 35.5. The zero-order valence-corrected chi connectivity index (χ0v) is 13.8. The molecule has 4 atom stereocenters. The Labute approximate surface area is 143 Å². The van der Waals surface area contributed by atoms with E-state index in [1.807, 2.05) is 13.2 Å². The minimum Gasteiger partial charge on any atom is -0.371 e. The summed E-state index contributed by atoms with van der Waals surface area (Å²) < 4.78 is 13.1. The third kappa shape index (κ3) is 2.91. The maximum Gasteiger partial charge on any atom is 0.229 e. The molecule has 0 spiro atoms. The van der Waals surface area contributed by atoms with Gasteiger partial charge in [0.15, 0.2) is 5.82 Å². The lowest BCUT2D eigenvalue weighted by Crippen LogP contribution is -2.38. The molecule has 0 amide bonds. The van der Waals surface area contributed by atoms with Gasteiger partial charge in [-0.1, -0.05) is 11.6 Å². The standard InChI is InChI=1S/C14H18ClN7O2/c1-22-4-7(2-18-22)19-14-17-3-8(15)13(21-14)20-10-6-24-11-9(16)5-23-12(10)11/h2-4,9-12H,5-6,16H2,1H3,(H2,17,19,20,21)/t9-,10+,11?,12?/m1/s1. The van der Waals surface area contributed by atoms with Crippen LogP contribution in [0, 0.1) is 0 Å². The van der Waals surface area contributed by atoms with Crippen molar-refractivity contribution in [2.24, 2.45) is 12.8 Å². The predicted molar refractivity (Wildman–Crippen MR) is 88.4 cm³/mol. The molecule has 0 aromatic carbocycles. The summed E-state index contributed by atoms with van der Waals surface area (Å²) in [6, 6.07) is -0.146. The number of aryl methyl sites for hydroxylation is 1. The van der Waals surface area contributed by atoms with E-state index >= 15 is 0 Å². The summed E-state index contributed by atoms with van der Waals surface area (Å²) in [4.78, 5) is 8.61. The maximum atomic E-state index is 6.22. The first-order valence-corrected chi connectivity index (χ1v) is 8.01. The van der Waals surface area contributed by atoms with Crippen LogP contribution in [0.3, 0.4) is 0 Å². The van der Waals surface area contributed by atoms with Crippen LogP contribution in [-0.4, -0.2) is 57.3 Å². The molecule has 2 unspecified atom stereocenters. The molecule has 0 radical (unpaired) electrons. The molecule has 2 aromatic heterocycles. The molecule has 0 saturated carbocycles. The maximum absolute atomic E-state index is 6.22. The van der Waals surface area contributed by atoms with Gasteiger partial charge < -0.3 is 25.8 Å². The second-order valence-electron chi connectivity index (χ2n) is 5.93. The number of nitrogens with two attached hydrogens (primary N) is 1. The van der Waals surface area contributed by atoms with E-state index in [1.54, 1.807) is 17.1 Å². The minimum absolute atomic E-state index is 0.0535. The number of ether oxygens (including phenoxy) is 2. The molecule has 24 heavy (non-hydrogen) atoms. The van der Waals surface area contributed by atoms with Crippen molar-refractivity contribution in [1.82, 2.24) is 19.7 Å². The summed E-state index contributed by atoms with van der Waals surface area (Å²) in [7, 11) is 1.84.